The summed E-state index contributed by atoms with van der Waals surface area (Å²) >= 11 is 0. The predicted molar refractivity (Wildman–Crippen MR) is 249 cm³/mol. The molecular weight excluding hydrogens is 731 g/mol. The minimum atomic E-state index is 0.541. The molecule has 11 aromatic rings. The minimum Gasteiger partial charge on any atom is -0.309 e. The summed E-state index contributed by atoms with van der Waals surface area (Å²) in [6, 6.07) is 69.2. The number of hydrogen-bond donors (Lipinski definition) is 0. The summed E-state index contributed by atoms with van der Waals surface area (Å²) in [4.78, 5) is 14.8. The first kappa shape index (κ1) is 35.5. The molecule has 0 aliphatic rings. The topological polar surface area (TPSA) is 48.5 Å². The van der Waals surface area contributed by atoms with Gasteiger partial charge in [-0.15, -0.1) is 0 Å². The number of hydrogen-bond acceptors (Lipinski definition) is 3. The van der Waals surface area contributed by atoms with E-state index in [-0.39, 0.29) is 0 Å². The van der Waals surface area contributed by atoms with E-state index in [4.69, 9.17) is 15.0 Å². The molecule has 0 bridgehead atoms. The van der Waals surface area contributed by atoms with E-state index in [9.17, 15) is 0 Å². The second-order valence-corrected chi connectivity index (χ2v) is 15.7. The lowest BCUT2D eigenvalue weighted by Crippen LogP contribution is -2.00. The standard InChI is InChI=1S/C55H41N5/c1-3-36(2)37-22-28-43(29-23-37)59-50-21-13-11-19-46(50)48-34-41(27-33-51(48)59)42-26-32-47-45-18-10-12-20-49(45)60(52(47)35-42)44-30-24-40(25-31-44)55-57-53(38-14-6-4-7-15-38)56-54(58-55)39-16-8-5-9-17-39/h4-36H,3H2,1-2H3. The number of rotatable bonds is 8. The molecular formula is C55H41N5. The quantitative estimate of drug-likeness (QED) is 0.155. The summed E-state index contributed by atoms with van der Waals surface area (Å²) in [5.74, 6) is 2.48. The van der Waals surface area contributed by atoms with Crippen molar-refractivity contribution in [1.29, 1.82) is 0 Å². The minimum absolute atomic E-state index is 0.541. The van der Waals surface area contributed by atoms with Gasteiger partial charge in [0.25, 0.3) is 0 Å². The normalized spacial score (nSPS) is 12.2. The zero-order valence-electron chi connectivity index (χ0n) is 33.5. The van der Waals surface area contributed by atoms with Crippen molar-refractivity contribution in [3.05, 3.63) is 200 Å². The third-order valence-corrected chi connectivity index (χ3v) is 12.1. The van der Waals surface area contributed by atoms with E-state index < -0.39 is 0 Å². The summed E-state index contributed by atoms with van der Waals surface area (Å²) in [5.41, 5.74) is 13.6. The van der Waals surface area contributed by atoms with Crippen LogP contribution in [0.1, 0.15) is 31.7 Å². The van der Waals surface area contributed by atoms with E-state index >= 15 is 0 Å². The van der Waals surface area contributed by atoms with Crippen LogP contribution in [0.5, 0.6) is 0 Å². The van der Waals surface area contributed by atoms with E-state index in [2.05, 4.69) is 156 Å². The van der Waals surface area contributed by atoms with Crippen LogP contribution in [-0.2, 0) is 0 Å². The van der Waals surface area contributed by atoms with Gasteiger partial charge in [0.2, 0.25) is 0 Å². The first-order valence-corrected chi connectivity index (χ1v) is 20.8. The number of aromatic nitrogens is 5. The van der Waals surface area contributed by atoms with Crippen LogP contribution in [0.2, 0.25) is 0 Å². The third kappa shape index (κ3) is 6.06. The lowest BCUT2D eigenvalue weighted by atomic mass is 9.98. The Morgan fingerprint density at radius 3 is 1.37 bits per heavy atom. The summed E-state index contributed by atoms with van der Waals surface area (Å²) in [7, 11) is 0. The van der Waals surface area contributed by atoms with Gasteiger partial charge in [-0.3, -0.25) is 0 Å². The highest BCUT2D eigenvalue weighted by molar-refractivity contribution is 6.12. The molecule has 0 aliphatic heterocycles. The first-order chi connectivity index (χ1) is 29.6. The summed E-state index contributed by atoms with van der Waals surface area (Å²) in [6.45, 7) is 4.55. The number of benzene rings is 8. The highest BCUT2D eigenvalue weighted by Crippen LogP contribution is 2.39. The summed E-state index contributed by atoms with van der Waals surface area (Å²) in [5, 5.41) is 4.93. The van der Waals surface area contributed by atoms with E-state index in [1.165, 1.54) is 55.0 Å². The molecule has 0 aliphatic carbocycles. The molecule has 0 saturated heterocycles. The Kier molecular flexibility index (Phi) is 8.67. The number of para-hydroxylation sites is 2. The van der Waals surface area contributed by atoms with Gasteiger partial charge in [-0.25, -0.2) is 15.0 Å². The zero-order chi connectivity index (χ0) is 40.2. The SMILES string of the molecule is CCC(C)c1ccc(-n2c3ccccc3c3cc(-c4ccc5c6ccccc6n(-c6ccc(-c7nc(-c8ccccc8)nc(-c8ccccc8)n7)cc6)c5c4)ccc32)cc1. The average molecular weight is 772 g/mol. The lowest BCUT2D eigenvalue weighted by molar-refractivity contribution is 0.733. The van der Waals surface area contributed by atoms with E-state index in [0.717, 1.165) is 39.8 Å². The molecule has 286 valence electrons. The molecule has 3 heterocycles. The molecule has 0 amide bonds. The van der Waals surface area contributed by atoms with Gasteiger partial charge >= 0.3 is 0 Å². The first-order valence-electron chi connectivity index (χ1n) is 20.8. The van der Waals surface area contributed by atoms with Crippen LogP contribution >= 0.6 is 0 Å². The van der Waals surface area contributed by atoms with Crippen molar-refractivity contribution >= 4 is 43.6 Å². The van der Waals surface area contributed by atoms with Crippen LogP contribution in [0.25, 0.3) is 100 Å². The monoisotopic (exact) mass is 771 g/mol. The number of fused-ring (bicyclic) bond motifs is 6. The van der Waals surface area contributed by atoms with Gasteiger partial charge in [-0.05, 0) is 95.8 Å². The number of nitrogens with zero attached hydrogens (tertiary/aromatic N) is 5. The maximum absolute atomic E-state index is 4.98. The van der Waals surface area contributed by atoms with Gasteiger partial charge in [-0.2, -0.15) is 0 Å². The zero-order valence-corrected chi connectivity index (χ0v) is 33.5. The molecule has 5 nitrogen and oxygen atoms in total. The fraction of sp³-hybridized carbons (Fsp3) is 0.0727. The van der Waals surface area contributed by atoms with E-state index in [1.807, 2.05) is 60.7 Å². The molecule has 0 saturated carbocycles. The maximum atomic E-state index is 4.98. The highest BCUT2D eigenvalue weighted by Gasteiger charge is 2.18. The van der Waals surface area contributed by atoms with Gasteiger partial charge in [0, 0.05) is 49.6 Å². The molecule has 3 aromatic heterocycles. The lowest BCUT2D eigenvalue weighted by Gasteiger charge is -2.12. The van der Waals surface area contributed by atoms with Crippen molar-refractivity contribution in [2.75, 3.05) is 0 Å². The Hall–Kier alpha value is -7.63. The van der Waals surface area contributed by atoms with Crippen molar-refractivity contribution in [1.82, 2.24) is 24.1 Å². The van der Waals surface area contributed by atoms with Crippen LogP contribution in [-0.4, -0.2) is 24.1 Å². The van der Waals surface area contributed by atoms with Crippen molar-refractivity contribution in [2.45, 2.75) is 26.2 Å². The Labute approximate surface area is 348 Å². The molecule has 5 heteroatoms. The smallest absolute Gasteiger partial charge is 0.164 e. The van der Waals surface area contributed by atoms with Crippen LogP contribution < -0.4 is 0 Å². The average Bonchev–Trinajstić information content (AvgIpc) is 3.84. The predicted octanol–water partition coefficient (Wildman–Crippen LogP) is 14.2. The Bertz CT molecular complexity index is 3290. The Balaban J connectivity index is 1.01. The van der Waals surface area contributed by atoms with Gasteiger partial charge in [0.1, 0.15) is 0 Å². The molecule has 0 N–H and O–H groups in total. The molecule has 11 rings (SSSR count). The largest absolute Gasteiger partial charge is 0.309 e. The fourth-order valence-corrected chi connectivity index (χ4v) is 8.74. The van der Waals surface area contributed by atoms with Gasteiger partial charge in [-0.1, -0.05) is 141 Å². The molecule has 0 radical (unpaired) electrons. The summed E-state index contributed by atoms with van der Waals surface area (Å²) < 4.78 is 4.78. The maximum Gasteiger partial charge on any atom is 0.164 e. The molecule has 60 heavy (non-hydrogen) atoms. The molecule has 0 spiro atoms. The molecule has 1 unspecified atom stereocenters. The van der Waals surface area contributed by atoms with E-state index in [0.29, 0.717) is 23.4 Å². The third-order valence-electron chi connectivity index (χ3n) is 12.1. The van der Waals surface area contributed by atoms with Crippen molar-refractivity contribution < 1.29 is 0 Å². The van der Waals surface area contributed by atoms with Crippen molar-refractivity contribution in [3.63, 3.8) is 0 Å². The highest BCUT2D eigenvalue weighted by atomic mass is 15.0. The van der Waals surface area contributed by atoms with Gasteiger partial charge in [0.15, 0.2) is 17.5 Å². The van der Waals surface area contributed by atoms with Crippen molar-refractivity contribution in [3.8, 4) is 56.7 Å². The van der Waals surface area contributed by atoms with Crippen molar-refractivity contribution in [2.24, 2.45) is 0 Å². The van der Waals surface area contributed by atoms with E-state index in [1.54, 1.807) is 0 Å². The molecule has 0 fully saturated rings. The molecule has 8 aromatic carbocycles. The second-order valence-electron chi connectivity index (χ2n) is 15.7. The van der Waals surface area contributed by atoms with Crippen LogP contribution in [0.3, 0.4) is 0 Å². The summed E-state index contributed by atoms with van der Waals surface area (Å²) in [6.07, 6.45) is 1.13. The van der Waals surface area contributed by atoms with Crippen LogP contribution in [0.4, 0.5) is 0 Å². The van der Waals surface area contributed by atoms with Gasteiger partial charge < -0.3 is 9.13 Å². The molecule has 1 atom stereocenters. The fourth-order valence-electron chi connectivity index (χ4n) is 8.74. The Morgan fingerprint density at radius 2 is 0.783 bits per heavy atom. The second kappa shape index (κ2) is 14.6. The van der Waals surface area contributed by atoms with Gasteiger partial charge in [0.05, 0.1) is 22.1 Å². The van der Waals surface area contributed by atoms with Crippen LogP contribution in [0, 0.1) is 0 Å². The van der Waals surface area contributed by atoms with Crippen LogP contribution in [0.15, 0.2) is 194 Å². The Morgan fingerprint density at radius 1 is 0.367 bits per heavy atom.